The quantitative estimate of drug-likeness (QED) is 0.886. The van der Waals surface area contributed by atoms with Crippen LogP contribution in [0.1, 0.15) is 11.1 Å². The van der Waals surface area contributed by atoms with Gasteiger partial charge in [-0.3, -0.25) is 4.98 Å². The van der Waals surface area contributed by atoms with E-state index in [1.165, 1.54) is 11.9 Å². The molecule has 0 bridgehead atoms. The third-order valence-electron chi connectivity index (χ3n) is 2.26. The third-order valence-corrected chi connectivity index (χ3v) is 2.54. The summed E-state index contributed by atoms with van der Waals surface area (Å²) in [5, 5.41) is 3.66. The van der Waals surface area contributed by atoms with Crippen LogP contribution in [0.5, 0.6) is 0 Å². The zero-order chi connectivity index (χ0) is 11.4. The summed E-state index contributed by atoms with van der Waals surface area (Å²) in [5.74, 6) is 0.639. The molecule has 0 fully saturated rings. The van der Waals surface area contributed by atoms with Gasteiger partial charge in [0.05, 0.1) is 6.20 Å². The van der Waals surface area contributed by atoms with Gasteiger partial charge >= 0.3 is 0 Å². The van der Waals surface area contributed by atoms with Crippen LogP contribution in [0.3, 0.4) is 0 Å². The van der Waals surface area contributed by atoms with Crippen LogP contribution >= 0.6 is 11.6 Å². The van der Waals surface area contributed by atoms with Crippen molar-refractivity contribution in [1.82, 2.24) is 15.0 Å². The van der Waals surface area contributed by atoms with Crippen molar-refractivity contribution in [1.29, 1.82) is 0 Å². The van der Waals surface area contributed by atoms with Crippen LogP contribution in [0, 0.1) is 6.92 Å². The Morgan fingerprint density at radius 3 is 2.94 bits per heavy atom. The number of anilines is 1. The van der Waals surface area contributed by atoms with Crippen molar-refractivity contribution in [3.63, 3.8) is 0 Å². The van der Waals surface area contributed by atoms with Crippen LogP contribution in [0.4, 0.5) is 5.82 Å². The molecule has 2 aromatic heterocycles. The van der Waals surface area contributed by atoms with E-state index < -0.39 is 0 Å². The van der Waals surface area contributed by atoms with Crippen LogP contribution < -0.4 is 5.32 Å². The standard InChI is InChI=1S/C11H11ClN4/c1-8-2-3-13-4-9(8)5-15-11-10(12)6-14-7-16-11/h2-4,6-7H,5H2,1H3,(H,14,15,16). The van der Waals surface area contributed by atoms with Crippen LogP contribution in [-0.4, -0.2) is 15.0 Å². The van der Waals surface area contributed by atoms with Crippen molar-refractivity contribution in [2.45, 2.75) is 13.5 Å². The molecule has 0 saturated carbocycles. The molecule has 0 radical (unpaired) electrons. The molecule has 0 amide bonds. The Morgan fingerprint density at radius 1 is 1.31 bits per heavy atom. The van der Waals surface area contributed by atoms with Crippen molar-refractivity contribution < 1.29 is 0 Å². The SMILES string of the molecule is Cc1ccncc1CNc1ncncc1Cl. The van der Waals surface area contributed by atoms with Gasteiger partial charge in [0.25, 0.3) is 0 Å². The number of nitrogens with zero attached hydrogens (tertiary/aromatic N) is 3. The van der Waals surface area contributed by atoms with E-state index in [0.717, 1.165) is 5.56 Å². The minimum absolute atomic E-state index is 0.518. The highest BCUT2D eigenvalue weighted by Gasteiger charge is 2.02. The fraction of sp³-hybridized carbons (Fsp3) is 0.182. The molecule has 16 heavy (non-hydrogen) atoms. The second-order valence-electron chi connectivity index (χ2n) is 3.37. The second kappa shape index (κ2) is 4.90. The third kappa shape index (κ3) is 2.46. The van der Waals surface area contributed by atoms with Crippen molar-refractivity contribution >= 4 is 17.4 Å². The van der Waals surface area contributed by atoms with Gasteiger partial charge in [-0.2, -0.15) is 0 Å². The highest BCUT2D eigenvalue weighted by atomic mass is 35.5. The Balaban J connectivity index is 2.09. The largest absolute Gasteiger partial charge is 0.365 e. The summed E-state index contributed by atoms with van der Waals surface area (Å²) in [4.78, 5) is 11.9. The average Bonchev–Trinajstić information content (AvgIpc) is 2.30. The Kier molecular flexibility index (Phi) is 3.31. The van der Waals surface area contributed by atoms with Crippen LogP contribution in [-0.2, 0) is 6.54 Å². The molecule has 0 aromatic carbocycles. The van der Waals surface area contributed by atoms with Gasteiger partial charge in [0, 0.05) is 18.9 Å². The first kappa shape index (κ1) is 10.8. The van der Waals surface area contributed by atoms with E-state index in [4.69, 9.17) is 11.6 Å². The molecule has 0 unspecified atom stereocenters. The lowest BCUT2D eigenvalue weighted by molar-refractivity contribution is 1.05. The first-order valence-electron chi connectivity index (χ1n) is 4.86. The Bertz CT molecular complexity index is 441. The summed E-state index contributed by atoms with van der Waals surface area (Å²) in [6.45, 7) is 2.69. The fourth-order valence-corrected chi connectivity index (χ4v) is 1.48. The molecule has 0 spiro atoms. The highest BCUT2D eigenvalue weighted by Crippen LogP contribution is 2.17. The number of hydrogen-bond acceptors (Lipinski definition) is 4. The van der Waals surface area contributed by atoms with Gasteiger partial charge in [-0.05, 0) is 24.1 Å². The Morgan fingerprint density at radius 2 is 2.19 bits per heavy atom. The van der Waals surface area contributed by atoms with E-state index in [9.17, 15) is 0 Å². The number of hydrogen-bond donors (Lipinski definition) is 1. The fourth-order valence-electron chi connectivity index (χ4n) is 1.30. The van der Waals surface area contributed by atoms with Crippen molar-refractivity contribution in [2.75, 3.05) is 5.32 Å². The maximum absolute atomic E-state index is 5.93. The molecule has 0 saturated heterocycles. The van der Waals surface area contributed by atoms with Crippen LogP contribution in [0.15, 0.2) is 31.0 Å². The minimum Gasteiger partial charge on any atom is -0.365 e. The topological polar surface area (TPSA) is 50.7 Å². The predicted octanol–water partition coefficient (Wildman–Crippen LogP) is 2.45. The number of nitrogens with one attached hydrogen (secondary N) is 1. The van der Waals surface area contributed by atoms with Crippen molar-refractivity contribution in [2.24, 2.45) is 0 Å². The smallest absolute Gasteiger partial charge is 0.148 e. The molecular formula is C11H11ClN4. The number of rotatable bonds is 3. The molecule has 5 heteroatoms. The lowest BCUT2D eigenvalue weighted by atomic mass is 10.1. The van der Waals surface area contributed by atoms with Gasteiger partial charge in [-0.1, -0.05) is 11.6 Å². The summed E-state index contributed by atoms with van der Waals surface area (Å²) in [5.41, 5.74) is 2.31. The van der Waals surface area contributed by atoms with E-state index in [0.29, 0.717) is 17.4 Å². The van der Waals surface area contributed by atoms with E-state index in [-0.39, 0.29) is 0 Å². The number of aryl methyl sites for hydroxylation is 1. The second-order valence-corrected chi connectivity index (χ2v) is 3.78. The molecule has 1 N–H and O–H groups in total. The van der Waals surface area contributed by atoms with Gasteiger partial charge < -0.3 is 5.32 Å². The lowest BCUT2D eigenvalue weighted by Crippen LogP contribution is -2.04. The number of pyridine rings is 1. The normalized spacial score (nSPS) is 10.1. The van der Waals surface area contributed by atoms with Gasteiger partial charge in [0.1, 0.15) is 17.2 Å². The highest BCUT2D eigenvalue weighted by molar-refractivity contribution is 6.32. The van der Waals surface area contributed by atoms with Crippen molar-refractivity contribution in [3.8, 4) is 0 Å². The molecule has 0 aliphatic rings. The molecule has 2 rings (SSSR count). The molecule has 4 nitrogen and oxygen atoms in total. The van der Waals surface area contributed by atoms with Crippen molar-refractivity contribution in [3.05, 3.63) is 47.1 Å². The van der Waals surface area contributed by atoms with Crippen LogP contribution in [0.2, 0.25) is 5.02 Å². The molecule has 2 heterocycles. The summed E-state index contributed by atoms with van der Waals surface area (Å²) in [7, 11) is 0. The molecule has 0 aliphatic carbocycles. The maximum atomic E-state index is 5.93. The first-order chi connectivity index (χ1) is 7.77. The van der Waals surface area contributed by atoms with Gasteiger partial charge in [-0.25, -0.2) is 9.97 Å². The minimum atomic E-state index is 0.518. The molecule has 2 aromatic rings. The van der Waals surface area contributed by atoms with E-state index in [1.54, 1.807) is 12.4 Å². The maximum Gasteiger partial charge on any atom is 0.148 e. The first-order valence-corrected chi connectivity index (χ1v) is 5.24. The molecule has 0 aliphatic heterocycles. The molecular weight excluding hydrogens is 224 g/mol. The summed E-state index contributed by atoms with van der Waals surface area (Å²) in [6, 6.07) is 1.97. The van der Waals surface area contributed by atoms with Gasteiger partial charge in [0.2, 0.25) is 0 Å². The number of aromatic nitrogens is 3. The predicted molar refractivity (Wildman–Crippen MR) is 63.3 cm³/mol. The van der Waals surface area contributed by atoms with Crippen LogP contribution in [0.25, 0.3) is 0 Å². The molecule has 82 valence electrons. The Labute approximate surface area is 98.7 Å². The molecule has 0 atom stereocenters. The summed E-state index contributed by atoms with van der Waals surface area (Å²) < 4.78 is 0. The lowest BCUT2D eigenvalue weighted by Gasteiger charge is -2.08. The summed E-state index contributed by atoms with van der Waals surface area (Å²) in [6.07, 6.45) is 6.63. The number of halogens is 1. The Hall–Kier alpha value is -1.68. The zero-order valence-electron chi connectivity index (χ0n) is 8.81. The van der Waals surface area contributed by atoms with E-state index in [1.807, 2.05) is 19.2 Å². The summed E-state index contributed by atoms with van der Waals surface area (Å²) >= 11 is 5.93. The zero-order valence-corrected chi connectivity index (χ0v) is 9.57. The van der Waals surface area contributed by atoms with E-state index in [2.05, 4.69) is 20.3 Å². The average molecular weight is 235 g/mol. The van der Waals surface area contributed by atoms with E-state index >= 15 is 0 Å². The monoisotopic (exact) mass is 234 g/mol. The van der Waals surface area contributed by atoms with Gasteiger partial charge in [-0.15, -0.1) is 0 Å². The van der Waals surface area contributed by atoms with Gasteiger partial charge in [0.15, 0.2) is 0 Å².